The minimum absolute atomic E-state index is 0.0343. The number of rotatable bonds is 3. The van der Waals surface area contributed by atoms with Gasteiger partial charge in [0, 0.05) is 31.9 Å². The van der Waals surface area contributed by atoms with E-state index in [0.29, 0.717) is 23.0 Å². The molecule has 5 nitrogen and oxygen atoms in total. The Kier molecular flexibility index (Phi) is 4.07. The summed E-state index contributed by atoms with van der Waals surface area (Å²) in [6.45, 7) is 3.22. The molecule has 1 aromatic carbocycles. The molecule has 1 aliphatic heterocycles. The molecule has 0 radical (unpaired) electrons. The van der Waals surface area contributed by atoms with Crippen molar-refractivity contribution in [2.24, 2.45) is 7.05 Å². The van der Waals surface area contributed by atoms with Gasteiger partial charge in [-0.2, -0.15) is 5.10 Å². The molecule has 1 amide bonds. The van der Waals surface area contributed by atoms with Crippen LogP contribution >= 0.6 is 11.6 Å². The maximum Gasteiger partial charge on any atom is 0.258 e. The minimum atomic E-state index is -0.0343. The van der Waals surface area contributed by atoms with Crippen LogP contribution in [0.5, 0.6) is 0 Å². The van der Waals surface area contributed by atoms with Gasteiger partial charge < -0.3 is 10.2 Å². The Hall–Kier alpha value is -2.01. The molecular weight excluding hydrogens is 300 g/mol. The molecule has 3 rings (SSSR count). The predicted octanol–water partition coefficient (Wildman–Crippen LogP) is 2.71. The van der Waals surface area contributed by atoms with Crippen LogP contribution in [0.3, 0.4) is 0 Å². The highest BCUT2D eigenvalue weighted by Crippen LogP contribution is 2.23. The van der Waals surface area contributed by atoms with E-state index in [1.165, 1.54) is 0 Å². The average Bonchev–Trinajstić information content (AvgIpc) is 3.05. The summed E-state index contributed by atoms with van der Waals surface area (Å²) in [5, 5.41) is 8.08. The van der Waals surface area contributed by atoms with Crippen molar-refractivity contribution < 1.29 is 4.79 Å². The van der Waals surface area contributed by atoms with Crippen LogP contribution < -0.4 is 5.32 Å². The van der Waals surface area contributed by atoms with Crippen molar-refractivity contribution in [2.45, 2.75) is 19.4 Å². The van der Waals surface area contributed by atoms with Crippen LogP contribution in [0.25, 0.3) is 0 Å². The van der Waals surface area contributed by atoms with Crippen LogP contribution in [0.4, 0.5) is 5.69 Å². The summed E-state index contributed by atoms with van der Waals surface area (Å²) in [5.74, 6) is -0.0343. The molecule has 1 fully saturated rings. The lowest BCUT2D eigenvalue weighted by molar-refractivity contribution is 0.0791. The van der Waals surface area contributed by atoms with Gasteiger partial charge in [-0.1, -0.05) is 29.8 Å². The lowest BCUT2D eigenvalue weighted by atomic mass is 10.2. The summed E-state index contributed by atoms with van der Waals surface area (Å²) in [7, 11) is 1.75. The first-order valence-electron chi connectivity index (χ1n) is 7.36. The van der Waals surface area contributed by atoms with E-state index in [1.54, 1.807) is 11.7 Å². The second-order valence-corrected chi connectivity index (χ2v) is 5.98. The van der Waals surface area contributed by atoms with Crippen molar-refractivity contribution in [3.8, 4) is 0 Å². The zero-order valence-corrected chi connectivity index (χ0v) is 13.5. The molecule has 2 aromatic rings. The van der Waals surface area contributed by atoms with Gasteiger partial charge in [-0.3, -0.25) is 9.48 Å². The Morgan fingerprint density at radius 3 is 2.73 bits per heavy atom. The fraction of sp³-hybridized carbons (Fsp3) is 0.375. The molecule has 0 spiro atoms. The SMILES string of the molecule is Cc1nn(C)c(Cl)c1C(=O)N1CC[C@@H](Nc2ccccc2)C1. The number of likely N-dealkylation sites (tertiary alicyclic amines) is 1. The number of carbonyl (C=O) groups is 1. The molecule has 0 unspecified atom stereocenters. The third kappa shape index (κ3) is 2.81. The van der Waals surface area contributed by atoms with E-state index >= 15 is 0 Å². The van der Waals surface area contributed by atoms with E-state index in [2.05, 4.69) is 10.4 Å². The second-order valence-electron chi connectivity index (χ2n) is 5.62. The topological polar surface area (TPSA) is 50.2 Å². The third-order valence-corrected chi connectivity index (χ3v) is 4.42. The first-order valence-corrected chi connectivity index (χ1v) is 7.74. The summed E-state index contributed by atoms with van der Waals surface area (Å²) < 4.78 is 1.54. The summed E-state index contributed by atoms with van der Waals surface area (Å²) in [4.78, 5) is 14.5. The number of benzene rings is 1. The minimum Gasteiger partial charge on any atom is -0.380 e. The largest absolute Gasteiger partial charge is 0.380 e. The van der Waals surface area contributed by atoms with Crippen LogP contribution in [0, 0.1) is 6.92 Å². The standard InChI is InChI=1S/C16H19ClN4O/c1-11-14(15(17)20(2)19-11)16(22)21-9-8-13(10-21)18-12-6-4-3-5-7-12/h3-7,13,18H,8-10H2,1-2H3/t13-/m1/s1. The average molecular weight is 319 g/mol. The number of carbonyl (C=O) groups excluding carboxylic acids is 1. The third-order valence-electron chi connectivity index (χ3n) is 3.99. The smallest absolute Gasteiger partial charge is 0.258 e. The van der Waals surface area contributed by atoms with Crippen molar-refractivity contribution in [3.05, 3.63) is 46.7 Å². The van der Waals surface area contributed by atoms with Crippen LogP contribution in [-0.4, -0.2) is 39.7 Å². The second kappa shape index (κ2) is 6.01. The summed E-state index contributed by atoms with van der Waals surface area (Å²) >= 11 is 6.19. The molecule has 1 atom stereocenters. The molecule has 116 valence electrons. The number of anilines is 1. The lowest BCUT2D eigenvalue weighted by Gasteiger charge is -2.17. The number of aryl methyl sites for hydroxylation is 2. The number of nitrogens with one attached hydrogen (secondary N) is 1. The zero-order valence-electron chi connectivity index (χ0n) is 12.7. The molecule has 0 saturated carbocycles. The van der Waals surface area contributed by atoms with Gasteiger partial charge in [-0.05, 0) is 25.5 Å². The highest BCUT2D eigenvalue weighted by Gasteiger charge is 2.30. The number of aromatic nitrogens is 2. The summed E-state index contributed by atoms with van der Waals surface area (Å²) in [6.07, 6.45) is 0.928. The first kappa shape index (κ1) is 14.9. The molecule has 0 bridgehead atoms. The molecule has 1 aromatic heterocycles. The molecule has 22 heavy (non-hydrogen) atoms. The number of para-hydroxylation sites is 1. The molecule has 1 saturated heterocycles. The van der Waals surface area contributed by atoms with Crippen molar-refractivity contribution in [3.63, 3.8) is 0 Å². The maximum absolute atomic E-state index is 12.7. The van der Waals surface area contributed by atoms with Gasteiger partial charge >= 0.3 is 0 Å². The van der Waals surface area contributed by atoms with Crippen molar-refractivity contribution in [1.29, 1.82) is 0 Å². The van der Waals surface area contributed by atoms with E-state index in [9.17, 15) is 4.79 Å². The number of hydrogen-bond acceptors (Lipinski definition) is 3. The highest BCUT2D eigenvalue weighted by molar-refractivity contribution is 6.33. The molecule has 0 aliphatic carbocycles. The first-order chi connectivity index (χ1) is 10.6. The molecule has 1 N–H and O–H groups in total. The fourth-order valence-electron chi connectivity index (χ4n) is 2.86. The van der Waals surface area contributed by atoms with Crippen molar-refractivity contribution in [2.75, 3.05) is 18.4 Å². The van der Waals surface area contributed by atoms with Crippen LogP contribution in [-0.2, 0) is 7.05 Å². The Balaban J connectivity index is 1.68. The van der Waals surface area contributed by atoms with Crippen LogP contribution in [0.2, 0.25) is 5.15 Å². The lowest BCUT2D eigenvalue weighted by Crippen LogP contribution is -2.32. The summed E-state index contributed by atoms with van der Waals surface area (Å²) in [5.41, 5.74) is 2.28. The van der Waals surface area contributed by atoms with Crippen molar-refractivity contribution in [1.82, 2.24) is 14.7 Å². The number of amides is 1. The van der Waals surface area contributed by atoms with Gasteiger partial charge in [0.1, 0.15) is 5.15 Å². The Morgan fingerprint density at radius 1 is 1.36 bits per heavy atom. The monoisotopic (exact) mass is 318 g/mol. The van der Waals surface area contributed by atoms with Gasteiger partial charge in [0.25, 0.3) is 5.91 Å². The molecule has 1 aliphatic rings. The van der Waals surface area contributed by atoms with Gasteiger partial charge in [0.15, 0.2) is 0 Å². The zero-order chi connectivity index (χ0) is 15.7. The van der Waals surface area contributed by atoms with Crippen LogP contribution in [0.15, 0.2) is 30.3 Å². The van der Waals surface area contributed by atoms with Gasteiger partial charge in [-0.15, -0.1) is 0 Å². The van der Waals surface area contributed by atoms with E-state index in [-0.39, 0.29) is 11.9 Å². The van der Waals surface area contributed by atoms with Crippen molar-refractivity contribution >= 4 is 23.2 Å². The molecule has 2 heterocycles. The number of hydrogen-bond donors (Lipinski definition) is 1. The predicted molar refractivity (Wildman–Crippen MR) is 87.3 cm³/mol. The number of halogens is 1. The Bertz CT molecular complexity index is 683. The Morgan fingerprint density at radius 2 is 2.09 bits per heavy atom. The molecule has 6 heteroatoms. The normalized spacial score (nSPS) is 17.8. The van der Waals surface area contributed by atoms with E-state index < -0.39 is 0 Å². The van der Waals surface area contributed by atoms with Gasteiger partial charge in [0.2, 0.25) is 0 Å². The molecular formula is C16H19ClN4O. The maximum atomic E-state index is 12.7. The van der Waals surface area contributed by atoms with E-state index in [0.717, 1.165) is 18.7 Å². The summed E-state index contributed by atoms with van der Waals surface area (Å²) in [6, 6.07) is 10.3. The number of nitrogens with zero attached hydrogens (tertiary/aromatic N) is 3. The highest BCUT2D eigenvalue weighted by atomic mass is 35.5. The Labute approximate surface area is 134 Å². The fourth-order valence-corrected chi connectivity index (χ4v) is 3.12. The van der Waals surface area contributed by atoms with E-state index in [4.69, 9.17) is 11.6 Å². The quantitative estimate of drug-likeness (QED) is 0.946. The van der Waals surface area contributed by atoms with Gasteiger partial charge in [-0.25, -0.2) is 0 Å². The van der Waals surface area contributed by atoms with E-state index in [1.807, 2.05) is 42.2 Å². The van der Waals surface area contributed by atoms with Gasteiger partial charge in [0.05, 0.1) is 11.3 Å². The van der Waals surface area contributed by atoms with Crippen LogP contribution in [0.1, 0.15) is 22.5 Å².